The molecular weight excluding hydrogens is 224 g/mol. The molecule has 0 bridgehead atoms. The molecule has 2 aromatic heterocycles. The molecule has 2 heterocycles. The highest BCUT2D eigenvalue weighted by Crippen LogP contribution is 2.15. The predicted molar refractivity (Wildman–Crippen MR) is 72.3 cm³/mol. The van der Waals surface area contributed by atoms with Crippen molar-refractivity contribution in [2.45, 2.75) is 25.8 Å². The summed E-state index contributed by atoms with van der Waals surface area (Å²) in [6.45, 7) is 2.14. The lowest BCUT2D eigenvalue weighted by Gasteiger charge is -2.13. The van der Waals surface area contributed by atoms with Crippen LogP contribution in [0, 0.1) is 0 Å². The van der Waals surface area contributed by atoms with Crippen molar-refractivity contribution in [3.05, 3.63) is 47.8 Å². The first-order chi connectivity index (χ1) is 8.72. The fourth-order valence-corrected chi connectivity index (χ4v) is 1.96. The Bertz CT molecular complexity index is 487. The van der Waals surface area contributed by atoms with Crippen molar-refractivity contribution in [1.82, 2.24) is 19.9 Å². The van der Waals surface area contributed by atoms with Crippen molar-refractivity contribution in [1.29, 1.82) is 0 Å². The molecule has 0 aliphatic rings. The maximum Gasteiger partial charge on any atom is 0.0947 e. The van der Waals surface area contributed by atoms with Gasteiger partial charge in [0.05, 0.1) is 18.1 Å². The summed E-state index contributed by atoms with van der Waals surface area (Å²) in [7, 11) is 3.94. The molecule has 0 radical (unpaired) electrons. The number of rotatable bonds is 5. The van der Waals surface area contributed by atoms with Crippen LogP contribution in [0.3, 0.4) is 0 Å². The number of hydrogen-bond donors (Lipinski definition) is 1. The van der Waals surface area contributed by atoms with Gasteiger partial charge in [-0.3, -0.25) is 4.98 Å². The minimum absolute atomic E-state index is 0.214. The highest BCUT2D eigenvalue weighted by atomic mass is 15.0. The summed E-state index contributed by atoms with van der Waals surface area (Å²) in [5.74, 6) is 0. The molecule has 0 spiro atoms. The first-order valence-corrected chi connectivity index (χ1v) is 6.32. The Morgan fingerprint density at radius 1 is 1.33 bits per heavy atom. The number of nitrogens with one attached hydrogen (secondary N) is 1. The van der Waals surface area contributed by atoms with E-state index in [0.29, 0.717) is 0 Å². The number of pyridine rings is 1. The fourth-order valence-electron chi connectivity index (χ4n) is 1.96. The standard InChI is InChI=1S/C14H20N4/c1-4-11-5-6-12(16-8-11)7-13(15-2)14-9-18(3)10-17-14/h5-6,8-10,13,15H,4,7H2,1-3H3. The fraction of sp³-hybridized carbons (Fsp3) is 0.429. The van der Waals surface area contributed by atoms with Crippen molar-refractivity contribution >= 4 is 0 Å². The molecular formula is C14H20N4. The van der Waals surface area contributed by atoms with Gasteiger partial charge in [-0.2, -0.15) is 0 Å². The number of imidazole rings is 1. The summed E-state index contributed by atoms with van der Waals surface area (Å²) >= 11 is 0. The van der Waals surface area contributed by atoms with E-state index < -0.39 is 0 Å². The molecule has 0 aliphatic carbocycles. The lowest BCUT2D eigenvalue weighted by Crippen LogP contribution is -2.19. The third kappa shape index (κ3) is 2.96. The normalized spacial score (nSPS) is 12.6. The maximum atomic E-state index is 4.50. The van der Waals surface area contributed by atoms with Gasteiger partial charge in [0.1, 0.15) is 0 Å². The third-order valence-corrected chi connectivity index (χ3v) is 3.14. The van der Waals surface area contributed by atoms with Crippen LogP contribution in [0.25, 0.3) is 0 Å². The van der Waals surface area contributed by atoms with Gasteiger partial charge in [-0.1, -0.05) is 13.0 Å². The van der Waals surface area contributed by atoms with E-state index in [0.717, 1.165) is 24.2 Å². The van der Waals surface area contributed by atoms with Crippen LogP contribution < -0.4 is 5.32 Å². The summed E-state index contributed by atoms with van der Waals surface area (Å²) in [5, 5.41) is 3.29. The van der Waals surface area contributed by atoms with Crippen molar-refractivity contribution in [2.75, 3.05) is 7.05 Å². The Balaban J connectivity index is 2.10. The Morgan fingerprint density at radius 3 is 2.67 bits per heavy atom. The van der Waals surface area contributed by atoms with Crippen LogP contribution in [0.15, 0.2) is 30.9 Å². The SMILES string of the molecule is CCc1ccc(CC(NC)c2cn(C)cn2)nc1. The average molecular weight is 244 g/mol. The van der Waals surface area contributed by atoms with E-state index in [1.807, 2.05) is 37.4 Å². The van der Waals surface area contributed by atoms with E-state index in [2.05, 4.69) is 34.3 Å². The van der Waals surface area contributed by atoms with Crippen LogP contribution >= 0.6 is 0 Å². The van der Waals surface area contributed by atoms with Crippen LogP contribution in [0.1, 0.15) is 29.9 Å². The van der Waals surface area contributed by atoms with Gasteiger partial charge in [-0.15, -0.1) is 0 Å². The Hall–Kier alpha value is -1.68. The van der Waals surface area contributed by atoms with Gasteiger partial charge < -0.3 is 9.88 Å². The number of hydrogen-bond acceptors (Lipinski definition) is 3. The molecule has 4 nitrogen and oxygen atoms in total. The van der Waals surface area contributed by atoms with Gasteiger partial charge >= 0.3 is 0 Å². The first kappa shape index (κ1) is 12.8. The highest BCUT2D eigenvalue weighted by molar-refractivity contribution is 5.16. The van der Waals surface area contributed by atoms with Crippen LogP contribution in [0.4, 0.5) is 0 Å². The van der Waals surface area contributed by atoms with Gasteiger partial charge in [0.25, 0.3) is 0 Å². The molecule has 18 heavy (non-hydrogen) atoms. The van der Waals surface area contributed by atoms with Gasteiger partial charge in [-0.25, -0.2) is 4.98 Å². The minimum Gasteiger partial charge on any atom is -0.340 e. The summed E-state index contributed by atoms with van der Waals surface area (Å²) in [6, 6.07) is 4.46. The van der Waals surface area contributed by atoms with E-state index in [-0.39, 0.29) is 6.04 Å². The van der Waals surface area contributed by atoms with Crippen molar-refractivity contribution < 1.29 is 0 Å². The van der Waals surface area contributed by atoms with Gasteiger partial charge in [0.15, 0.2) is 0 Å². The van der Waals surface area contributed by atoms with Crippen LogP contribution in [0.2, 0.25) is 0 Å². The summed E-state index contributed by atoms with van der Waals surface area (Å²) in [4.78, 5) is 8.88. The second kappa shape index (κ2) is 5.78. The van der Waals surface area contributed by atoms with E-state index >= 15 is 0 Å². The quantitative estimate of drug-likeness (QED) is 0.873. The molecule has 96 valence electrons. The molecule has 0 fully saturated rings. The number of aryl methyl sites for hydroxylation is 2. The zero-order valence-electron chi connectivity index (χ0n) is 11.2. The zero-order chi connectivity index (χ0) is 13.0. The van der Waals surface area contributed by atoms with E-state index in [1.54, 1.807) is 0 Å². The Labute approximate surface area is 108 Å². The molecule has 1 atom stereocenters. The lowest BCUT2D eigenvalue weighted by atomic mass is 10.1. The van der Waals surface area contributed by atoms with Gasteiger partial charge in [0, 0.05) is 31.6 Å². The summed E-state index contributed by atoms with van der Waals surface area (Å²) in [5.41, 5.74) is 3.43. The number of likely N-dealkylation sites (N-methyl/N-ethyl adjacent to an activating group) is 1. The number of nitrogens with zero attached hydrogens (tertiary/aromatic N) is 3. The topological polar surface area (TPSA) is 42.7 Å². The maximum absolute atomic E-state index is 4.50. The van der Waals surface area contributed by atoms with Crippen molar-refractivity contribution in [2.24, 2.45) is 7.05 Å². The Morgan fingerprint density at radius 2 is 2.17 bits per heavy atom. The number of aromatic nitrogens is 3. The molecule has 0 amide bonds. The zero-order valence-corrected chi connectivity index (χ0v) is 11.2. The smallest absolute Gasteiger partial charge is 0.0947 e. The molecule has 0 saturated heterocycles. The van der Waals surface area contributed by atoms with E-state index in [1.165, 1.54) is 5.56 Å². The summed E-state index contributed by atoms with van der Waals surface area (Å²) in [6.07, 6.45) is 7.72. The molecule has 1 unspecified atom stereocenters. The molecule has 0 saturated carbocycles. The first-order valence-electron chi connectivity index (χ1n) is 6.32. The Kier molecular flexibility index (Phi) is 4.10. The average Bonchev–Trinajstić information content (AvgIpc) is 2.83. The molecule has 0 aliphatic heterocycles. The van der Waals surface area contributed by atoms with Crippen LogP contribution in [0.5, 0.6) is 0 Å². The van der Waals surface area contributed by atoms with Crippen molar-refractivity contribution in [3.8, 4) is 0 Å². The molecule has 2 aromatic rings. The molecule has 0 aromatic carbocycles. The minimum atomic E-state index is 0.214. The highest BCUT2D eigenvalue weighted by Gasteiger charge is 2.13. The van der Waals surface area contributed by atoms with Crippen molar-refractivity contribution in [3.63, 3.8) is 0 Å². The van der Waals surface area contributed by atoms with Crippen LogP contribution in [-0.2, 0) is 19.9 Å². The second-order valence-corrected chi connectivity index (χ2v) is 4.52. The summed E-state index contributed by atoms with van der Waals surface area (Å²) < 4.78 is 1.97. The molecule has 1 N–H and O–H groups in total. The van der Waals surface area contributed by atoms with E-state index in [4.69, 9.17) is 0 Å². The second-order valence-electron chi connectivity index (χ2n) is 4.52. The van der Waals surface area contributed by atoms with Crippen LogP contribution in [-0.4, -0.2) is 21.6 Å². The molecule has 4 heteroatoms. The largest absolute Gasteiger partial charge is 0.340 e. The van der Waals surface area contributed by atoms with E-state index in [9.17, 15) is 0 Å². The van der Waals surface area contributed by atoms with Gasteiger partial charge in [-0.05, 0) is 25.1 Å². The van der Waals surface area contributed by atoms with Gasteiger partial charge in [0.2, 0.25) is 0 Å². The lowest BCUT2D eigenvalue weighted by molar-refractivity contribution is 0.570. The third-order valence-electron chi connectivity index (χ3n) is 3.14. The predicted octanol–water partition coefficient (Wildman–Crippen LogP) is 1.88. The molecule has 2 rings (SSSR count). The monoisotopic (exact) mass is 244 g/mol.